The minimum atomic E-state index is -0.465. The Morgan fingerprint density at radius 1 is 1.23 bits per heavy atom. The van der Waals surface area contributed by atoms with Gasteiger partial charge in [-0.2, -0.15) is 5.10 Å². The molecule has 1 saturated heterocycles. The highest BCUT2D eigenvalue weighted by molar-refractivity contribution is 6.30. The first-order valence-corrected chi connectivity index (χ1v) is 10.3. The monoisotopic (exact) mass is 456 g/mol. The van der Waals surface area contributed by atoms with Gasteiger partial charge in [0.2, 0.25) is 5.91 Å². The van der Waals surface area contributed by atoms with Crippen LogP contribution in [0.25, 0.3) is 0 Å². The van der Waals surface area contributed by atoms with Gasteiger partial charge in [-0.15, -0.1) is 12.4 Å². The third-order valence-corrected chi connectivity index (χ3v) is 5.37. The van der Waals surface area contributed by atoms with Crippen LogP contribution in [0.15, 0.2) is 30.5 Å². The molecule has 3 atom stereocenters. The predicted octanol–water partition coefficient (Wildman–Crippen LogP) is 4.95. The third kappa shape index (κ3) is 5.54. The van der Waals surface area contributed by atoms with E-state index in [9.17, 15) is 9.18 Å². The van der Waals surface area contributed by atoms with Gasteiger partial charge < -0.3 is 5.32 Å². The molecule has 8 heteroatoms. The minimum absolute atomic E-state index is 0. The zero-order chi connectivity index (χ0) is 21.6. The van der Waals surface area contributed by atoms with Crippen molar-refractivity contribution in [3.8, 4) is 0 Å². The molecular weight excluding hydrogens is 426 g/mol. The second-order valence-electron chi connectivity index (χ2n) is 9.81. The summed E-state index contributed by atoms with van der Waals surface area (Å²) in [5.41, 5.74) is 1.17. The molecule has 1 aliphatic rings. The van der Waals surface area contributed by atoms with E-state index < -0.39 is 5.82 Å². The molecule has 2 N–H and O–H groups in total. The van der Waals surface area contributed by atoms with Crippen LogP contribution in [0.1, 0.15) is 71.2 Å². The molecule has 30 heavy (non-hydrogen) atoms. The summed E-state index contributed by atoms with van der Waals surface area (Å²) in [4.78, 5) is 12.8. The molecule has 1 amide bonds. The van der Waals surface area contributed by atoms with Crippen molar-refractivity contribution in [1.29, 1.82) is 0 Å². The van der Waals surface area contributed by atoms with Crippen LogP contribution in [0.4, 0.5) is 4.39 Å². The minimum Gasteiger partial charge on any atom is -0.350 e. The highest BCUT2D eigenvalue weighted by Gasteiger charge is 2.41. The van der Waals surface area contributed by atoms with Crippen molar-refractivity contribution in [2.45, 2.75) is 77.0 Å². The highest BCUT2D eigenvalue weighted by Crippen LogP contribution is 2.40. The molecule has 2 aromatic rings. The smallest absolute Gasteiger partial charge is 0.237 e. The number of halogens is 3. The lowest BCUT2D eigenvalue weighted by Crippen LogP contribution is -2.48. The van der Waals surface area contributed by atoms with Gasteiger partial charge in [-0.3, -0.25) is 14.8 Å². The summed E-state index contributed by atoms with van der Waals surface area (Å²) in [6.07, 6.45) is 2.54. The van der Waals surface area contributed by atoms with Crippen LogP contribution < -0.4 is 10.6 Å². The van der Waals surface area contributed by atoms with Crippen molar-refractivity contribution in [2.75, 3.05) is 0 Å². The zero-order valence-corrected chi connectivity index (χ0v) is 19.9. The molecule has 0 saturated carbocycles. The van der Waals surface area contributed by atoms with Gasteiger partial charge in [-0.05, 0) is 71.7 Å². The van der Waals surface area contributed by atoms with Crippen LogP contribution in [0.3, 0.4) is 0 Å². The summed E-state index contributed by atoms with van der Waals surface area (Å²) in [5.74, 6) is -0.586. The number of hydrogen-bond donors (Lipinski definition) is 2. The largest absolute Gasteiger partial charge is 0.350 e. The summed E-state index contributed by atoms with van der Waals surface area (Å²) < 4.78 is 16.1. The first-order valence-electron chi connectivity index (χ1n) is 9.94. The van der Waals surface area contributed by atoms with Crippen LogP contribution in [-0.4, -0.2) is 27.3 Å². The topological polar surface area (TPSA) is 59.0 Å². The maximum atomic E-state index is 14.1. The highest BCUT2D eigenvalue weighted by atomic mass is 35.5. The first kappa shape index (κ1) is 24.6. The number of carbonyl (C=O) groups is 1. The molecule has 0 radical (unpaired) electrons. The molecule has 1 fully saturated rings. The molecule has 5 nitrogen and oxygen atoms in total. The maximum absolute atomic E-state index is 14.1. The third-order valence-electron chi connectivity index (χ3n) is 5.07. The fourth-order valence-electron chi connectivity index (χ4n) is 3.67. The van der Waals surface area contributed by atoms with Crippen LogP contribution in [0.2, 0.25) is 5.02 Å². The Labute approximate surface area is 189 Å². The van der Waals surface area contributed by atoms with Crippen molar-refractivity contribution in [3.63, 3.8) is 0 Å². The van der Waals surface area contributed by atoms with E-state index in [0.29, 0.717) is 6.42 Å². The summed E-state index contributed by atoms with van der Waals surface area (Å²) in [5, 5.41) is 11.3. The Kier molecular flexibility index (Phi) is 7.27. The number of aromatic nitrogens is 2. The molecule has 1 aromatic heterocycles. The van der Waals surface area contributed by atoms with Crippen molar-refractivity contribution in [3.05, 3.63) is 52.6 Å². The van der Waals surface area contributed by atoms with Gasteiger partial charge >= 0.3 is 0 Å². The molecule has 0 bridgehead atoms. The number of benzene rings is 1. The molecule has 1 unspecified atom stereocenters. The summed E-state index contributed by atoms with van der Waals surface area (Å²) >= 11 is 5.87. The molecule has 0 spiro atoms. The average Bonchev–Trinajstić information content (AvgIpc) is 3.21. The van der Waals surface area contributed by atoms with Crippen LogP contribution >= 0.6 is 24.0 Å². The molecular formula is C22H31Cl2FN4O. The van der Waals surface area contributed by atoms with Gasteiger partial charge in [0, 0.05) is 23.7 Å². The number of carbonyl (C=O) groups excluding carboxylic acids is 1. The van der Waals surface area contributed by atoms with Crippen molar-refractivity contribution in [2.24, 2.45) is 0 Å². The average molecular weight is 457 g/mol. The summed E-state index contributed by atoms with van der Waals surface area (Å²) in [7, 11) is 0. The normalized spacial score (nSPS) is 21.9. The van der Waals surface area contributed by atoms with E-state index in [1.165, 1.54) is 6.07 Å². The van der Waals surface area contributed by atoms with Crippen LogP contribution in [0, 0.1) is 5.82 Å². The Morgan fingerprint density at radius 2 is 1.90 bits per heavy atom. The summed E-state index contributed by atoms with van der Waals surface area (Å²) in [6.45, 7) is 12.1. The van der Waals surface area contributed by atoms with Crippen molar-refractivity contribution >= 4 is 29.9 Å². The van der Waals surface area contributed by atoms with Gasteiger partial charge in [0.25, 0.3) is 0 Å². The van der Waals surface area contributed by atoms with E-state index in [2.05, 4.69) is 31.4 Å². The Bertz CT molecular complexity index is 901. The first-order chi connectivity index (χ1) is 13.3. The maximum Gasteiger partial charge on any atom is 0.237 e. The van der Waals surface area contributed by atoms with Crippen molar-refractivity contribution in [1.82, 2.24) is 20.4 Å². The van der Waals surface area contributed by atoms with E-state index in [1.807, 2.05) is 37.7 Å². The Balaban J connectivity index is 0.00000320. The van der Waals surface area contributed by atoms with E-state index in [-0.39, 0.29) is 52.4 Å². The number of nitrogens with one attached hydrogen (secondary N) is 2. The van der Waals surface area contributed by atoms with E-state index >= 15 is 0 Å². The van der Waals surface area contributed by atoms with Gasteiger partial charge in [0.1, 0.15) is 5.82 Å². The Morgan fingerprint density at radius 3 is 2.43 bits per heavy atom. The fourth-order valence-corrected chi connectivity index (χ4v) is 3.78. The van der Waals surface area contributed by atoms with Gasteiger partial charge in [0.05, 0.1) is 22.3 Å². The van der Waals surface area contributed by atoms with Crippen LogP contribution in [-0.2, 0) is 10.3 Å². The number of nitrogens with zero attached hydrogens (tertiary/aromatic N) is 2. The lowest BCUT2D eigenvalue weighted by atomic mass is 9.90. The van der Waals surface area contributed by atoms with E-state index in [0.717, 1.165) is 11.3 Å². The number of rotatable bonds is 3. The molecule has 3 rings (SSSR count). The standard InChI is InChI=1S/C22H30ClFN4O.ClH/c1-21(2,3)26-20(29)18-12-14(17-9-10-28(27-17)22(4,5)6)19(25-18)13-7-8-15(23)16(24)11-13;/h7-11,14,18-19,25H,12H2,1-6H3,(H,26,29);1H/t14?,18-,19-;/m0./s1. The van der Waals surface area contributed by atoms with E-state index in [1.54, 1.807) is 12.1 Å². The molecule has 0 aliphatic carbocycles. The van der Waals surface area contributed by atoms with E-state index in [4.69, 9.17) is 16.7 Å². The lowest BCUT2D eigenvalue weighted by molar-refractivity contribution is -0.124. The Hall–Kier alpha value is -1.63. The quantitative estimate of drug-likeness (QED) is 0.686. The second-order valence-corrected chi connectivity index (χ2v) is 10.2. The van der Waals surface area contributed by atoms with Gasteiger partial charge in [0.15, 0.2) is 0 Å². The molecule has 1 aliphatic heterocycles. The fraction of sp³-hybridized carbons (Fsp3) is 0.545. The van der Waals surface area contributed by atoms with Crippen molar-refractivity contribution < 1.29 is 9.18 Å². The second kappa shape index (κ2) is 8.85. The van der Waals surface area contributed by atoms with Crippen LogP contribution in [0.5, 0.6) is 0 Å². The van der Waals surface area contributed by atoms with Gasteiger partial charge in [-0.1, -0.05) is 17.7 Å². The van der Waals surface area contributed by atoms with Gasteiger partial charge in [-0.25, -0.2) is 4.39 Å². The lowest BCUT2D eigenvalue weighted by Gasteiger charge is -2.23. The number of hydrogen-bond acceptors (Lipinski definition) is 3. The molecule has 166 valence electrons. The number of amides is 1. The molecule has 2 heterocycles. The SMILES string of the molecule is CC(C)(C)NC(=O)[C@@H]1CC(c2ccn(C(C)(C)C)n2)[C@H](c2ccc(Cl)c(F)c2)N1.Cl. The molecule has 1 aromatic carbocycles. The predicted molar refractivity (Wildman–Crippen MR) is 121 cm³/mol. The zero-order valence-electron chi connectivity index (χ0n) is 18.3. The summed E-state index contributed by atoms with van der Waals surface area (Å²) in [6, 6.07) is 6.17.